The summed E-state index contributed by atoms with van der Waals surface area (Å²) in [4.78, 5) is 0. The second kappa shape index (κ2) is 5.48. The lowest BCUT2D eigenvalue weighted by atomic mass is 10.1. The van der Waals surface area contributed by atoms with Crippen molar-refractivity contribution in [1.29, 1.82) is 0 Å². The van der Waals surface area contributed by atoms with E-state index in [4.69, 9.17) is 0 Å². The zero-order valence-corrected chi connectivity index (χ0v) is 11.9. The van der Waals surface area contributed by atoms with Crippen LogP contribution in [0.15, 0.2) is 24.4 Å². The molecule has 0 saturated heterocycles. The summed E-state index contributed by atoms with van der Waals surface area (Å²) in [5, 5.41) is 3.73. The molecule has 2 nitrogen and oxygen atoms in total. The number of hydrogen-bond acceptors (Lipinski definition) is 1. The maximum absolute atomic E-state index is 12.8. The summed E-state index contributed by atoms with van der Waals surface area (Å²) >= 11 is 0. The molecule has 0 unspecified atom stereocenters. The number of hydrogen-bond donors (Lipinski definition) is 1. The number of likely N-dealkylation sites (N-methyl/N-ethyl adjacent to an activating group) is 1. The molecule has 0 amide bonds. The standard InChI is InChI=1S/C15H19F3N2/c1-10(2)20-9-11(6-7-19-3)13-8-12(15(16,17)18)4-5-14(13)20/h4-5,8-10,19H,6-7H2,1-3H3. The van der Waals surface area contributed by atoms with E-state index in [-0.39, 0.29) is 6.04 Å². The molecule has 0 bridgehead atoms. The number of benzene rings is 1. The topological polar surface area (TPSA) is 17.0 Å². The van der Waals surface area contributed by atoms with Gasteiger partial charge in [0.25, 0.3) is 0 Å². The molecule has 0 aliphatic heterocycles. The number of fused-ring (bicyclic) bond motifs is 1. The Bertz CT molecular complexity index is 597. The average Bonchev–Trinajstić information content (AvgIpc) is 2.73. The lowest BCUT2D eigenvalue weighted by Crippen LogP contribution is -2.10. The van der Waals surface area contributed by atoms with Crippen LogP contribution in [0.1, 0.15) is 31.0 Å². The molecule has 0 aliphatic rings. The van der Waals surface area contributed by atoms with Gasteiger partial charge in [-0.2, -0.15) is 13.2 Å². The van der Waals surface area contributed by atoms with Gasteiger partial charge in [-0.15, -0.1) is 0 Å². The zero-order valence-electron chi connectivity index (χ0n) is 11.9. The lowest BCUT2D eigenvalue weighted by Gasteiger charge is -2.10. The highest BCUT2D eigenvalue weighted by atomic mass is 19.4. The third-order valence-corrected chi connectivity index (χ3v) is 3.44. The normalized spacial score (nSPS) is 12.6. The molecule has 1 N–H and O–H groups in total. The van der Waals surface area contributed by atoms with Gasteiger partial charge in [0.2, 0.25) is 0 Å². The van der Waals surface area contributed by atoms with Crippen molar-refractivity contribution in [2.24, 2.45) is 0 Å². The number of alkyl halides is 3. The van der Waals surface area contributed by atoms with E-state index in [9.17, 15) is 13.2 Å². The van der Waals surface area contributed by atoms with Crippen LogP contribution in [0.3, 0.4) is 0 Å². The predicted molar refractivity (Wildman–Crippen MR) is 75.0 cm³/mol. The Hall–Kier alpha value is -1.49. The van der Waals surface area contributed by atoms with Crippen LogP contribution in [0.2, 0.25) is 0 Å². The number of nitrogens with one attached hydrogen (secondary N) is 1. The Kier molecular flexibility index (Phi) is 4.09. The van der Waals surface area contributed by atoms with E-state index in [1.165, 1.54) is 6.07 Å². The number of rotatable bonds is 4. The fraction of sp³-hybridized carbons (Fsp3) is 0.467. The third-order valence-electron chi connectivity index (χ3n) is 3.44. The molecule has 20 heavy (non-hydrogen) atoms. The average molecular weight is 284 g/mol. The van der Waals surface area contributed by atoms with Gasteiger partial charge in [-0.25, -0.2) is 0 Å². The molecule has 0 radical (unpaired) electrons. The summed E-state index contributed by atoms with van der Waals surface area (Å²) in [7, 11) is 1.84. The fourth-order valence-electron chi connectivity index (χ4n) is 2.39. The van der Waals surface area contributed by atoms with Crippen molar-refractivity contribution >= 4 is 10.9 Å². The second-order valence-electron chi connectivity index (χ2n) is 5.24. The second-order valence-corrected chi connectivity index (χ2v) is 5.24. The molecular weight excluding hydrogens is 265 g/mol. The van der Waals surface area contributed by atoms with Crippen molar-refractivity contribution in [3.05, 3.63) is 35.5 Å². The van der Waals surface area contributed by atoms with Crippen molar-refractivity contribution in [2.45, 2.75) is 32.5 Å². The zero-order chi connectivity index (χ0) is 14.9. The van der Waals surface area contributed by atoms with Gasteiger partial charge in [-0.1, -0.05) is 0 Å². The van der Waals surface area contributed by atoms with E-state index in [1.807, 2.05) is 31.7 Å². The summed E-state index contributed by atoms with van der Waals surface area (Å²) in [6, 6.07) is 4.21. The first-order valence-electron chi connectivity index (χ1n) is 6.70. The van der Waals surface area contributed by atoms with E-state index < -0.39 is 11.7 Å². The summed E-state index contributed by atoms with van der Waals surface area (Å²) in [6.07, 6.45) is -1.62. The van der Waals surface area contributed by atoms with Crippen LogP contribution in [0.25, 0.3) is 10.9 Å². The van der Waals surface area contributed by atoms with Crippen molar-refractivity contribution < 1.29 is 13.2 Å². The molecule has 2 rings (SSSR count). The maximum atomic E-state index is 12.8. The van der Waals surface area contributed by atoms with Crippen LogP contribution < -0.4 is 5.32 Å². The van der Waals surface area contributed by atoms with Crippen LogP contribution in [-0.4, -0.2) is 18.2 Å². The first-order chi connectivity index (χ1) is 9.34. The number of aromatic nitrogens is 1. The highest BCUT2D eigenvalue weighted by Crippen LogP contribution is 2.34. The predicted octanol–water partition coefficient (Wildman–Crippen LogP) is 4.00. The van der Waals surface area contributed by atoms with E-state index >= 15 is 0 Å². The molecule has 1 aromatic heterocycles. The van der Waals surface area contributed by atoms with Gasteiger partial charge in [0.15, 0.2) is 0 Å². The van der Waals surface area contributed by atoms with Crippen molar-refractivity contribution in [2.75, 3.05) is 13.6 Å². The Morgan fingerprint density at radius 2 is 1.95 bits per heavy atom. The molecule has 0 atom stereocenters. The minimum absolute atomic E-state index is 0.220. The lowest BCUT2D eigenvalue weighted by molar-refractivity contribution is -0.137. The van der Waals surface area contributed by atoms with E-state index in [2.05, 4.69) is 5.32 Å². The van der Waals surface area contributed by atoms with Crippen LogP contribution in [0.4, 0.5) is 13.2 Å². The largest absolute Gasteiger partial charge is 0.416 e. The summed E-state index contributed by atoms with van der Waals surface area (Å²) in [5.41, 5.74) is 1.23. The minimum atomic E-state index is -4.30. The molecule has 2 aromatic rings. The summed E-state index contributed by atoms with van der Waals surface area (Å²) in [5.74, 6) is 0. The van der Waals surface area contributed by atoms with Crippen molar-refractivity contribution in [3.63, 3.8) is 0 Å². The third kappa shape index (κ3) is 2.82. The molecule has 0 fully saturated rings. The van der Waals surface area contributed by atoms with Gasteiger partial charge >= 0.3 is 6.18 Å². The van der Waals surface area contributed by atoms with E-state index in [0.717, 1.165) is 23.7 Å². The SMILES string of the molecule is CNCCc1cn(C(C)C)c2ccc(C(F)(F)F)cc12. The molecule has 1 heterocycles. The molecule has 5 heteroatoms. The maximum Gasteiger partial charge on any atom is 0.416 e. The quantitative estimate of drug-likeness (QED) is 0.898. The highest BCUT2D eigenvalue weighted by molar-refractivity contribution is 5.85. The van der Waals surface area contributed by atoms with E-state index in [1.54, 1.807) is 6.07 Å². The van der Waals surface area contributed by atoms with Gasteiger partial charge in [-0.3, -0.25) is 0 Å². The molecular formula is C15H19F3N2. The first kappa shape index (κ1) is 14.9. The van der Waals surface area contributed by atoms with Crippen LogP contribution >= 0.6 is 0 Å². The molecule has 110 valence electrons. The Balaban J connectivity index is 2.58. The number of halogens is 3. The first-order valence-corrected chi connectivity index (χ1v) is 6.70. The molecule has 0 aliphatic carbocycles. The summed E-state index contributed by atoms with van der Waals surface area (Å²) in [6.45, 7) is 4.80. The minimum Gasteiger partial charge on any atom is -0.345 e. The van der Waals surface area contributed by atoms with Crippen molar-refractivity contribution in [3.8, 4) is 0 Å². The Labute approximate surface area is 116 Å². The molecule has 0 spiro atoms. The van der Waals surface area contributed by atoms with Crippen LogP contribution in [0, 0.1) is 0 Å². The van der Waals surface area contributed by atoms with Gasteiger partial charge in [0, 0.05) is 23.1 Å². The van der Waals surface area contributed by atoms with E-state index in [0.29, 0.717) is 11.8 Å². The Morgan fingerprint density at radius 3 is 2.50 bits per heavy atom. The number of nitrogens with zero attached hydrogens (tertiary/aromatic N) is 1. The van der Waals surface area contributed by atoms with Gasteiger partial charge in [-0.05, 0) is 57.6 Å². The van der Waals surface area contributed by atoms with Gasteiger partial charge < -0.3 is 9.88 Å². The van der Waals surface area contributed by atoms with Gasteiger partial charge in [0.1, 0.15) is 0 Å². The van der Waals surface area contributed by atoms with Crippen LogP contribution in [-0.2, 0) is 12.6 Å². The monoisotopic (exact) mass is 284 g/mol. The summed E-state index contributed by atoms with van der Waals surface area (Å²) < 4.78 is 40.6. The Morgan fingerprint density at radius 1 is 1.25 bits per heavy atom. The van der Waals surface area contributed by atoms with Crippen molar-refractivity contribution in [1.82, 2.24) is 9.88 Å². The smallest absolute Gasteiger partial charge is 0.345 e. The van der Waals surface area contributed by atoms with Gasteiger partial charge in [0.05, 0.1) is 5.56 Å². The van der Waals surface area contributed by atoms with Crippen LogP contribution in [0.5, 0.6) is 0 Å². The fourth-order valence-corrected chi connectivity index (χ4v) is 2.39. The molecule has 0 saturated carbocycles. The molecule has 1 aromatic carbocycles. The highest BCUT2D eigenvalue weighted by Gasteiger charge is 2.31.